The van der Waals surface area contributed by atoms with Crippen molar-refractivity contribution in [1.29, 1.82) is 0 Å². The van der Waals surface area contributed by atoms with E-state index in [9.17, 15) is 0 Å². The van der Waals surface area contributed by atoms with Gasteiger partial charge in [0, 0.05) is 0 Å². The van der Waals surface area contributed by atoms with Crippen molar-refractivity contribution in [2.45, 2.75) is 90.1 Å². The molecular weight excluding hydrogens is 366 g/mol. The van der Waals surface area contributed by atoms with Crippen LogP contribution in [0.25, 0.3) is 6.08 Å². The quantitative estimate of drug-likeness (QED) is 0.591. The number of hydrogen-bond acceptors (Lipinski definition) is 1. The Morgan fingerprint density at radius 1 is 1.15 bits per heavy atom. The third kappa shape index (κ3) is 4.14. The molecule has 1 aromatic rings. The molecule has 0 aromatic heterocycles. The van der Waals surface area contributed by atoms with Crippen LogP contribution >= 0.6 is 0 Å². The van der Waals surface area contributed by atoms with Crippen LogP contribution in [-0.2, 0) is 29.7 Å². The standard InChI is InChI=1S/C15H17.C4H10N.C4H10Si.Ti/c1-10-4-11-6-13-8-15(2,3)9-14(13)7-12(11)5-10;1-4(2,3)5;1-4(2)5-3;/h4-7H,8-9H2,1-3H3;5H,1-3H3;4H,1-3H3;/q;-1;;+1. The van der Waals surface area contributed by atoms with Crippen LogP contribution in [0, 0.1) is 5.41 Å². The van der Waals surface area contributed by atoms with Gasteiger partial charge in [-0.1, -0.05) is 0 Å². The van der Waals surface area contributed by atoms with Gasteiger partial charge in [0.15, 0.2) is 0 Å². The summed E-state index contributed by atoms with van der Waals surface area (Å²) in [6, 6.07) is 5.15. The minimum atomic E-state index is -1.48. The van der Waals surface area contributed by atoms with Gasteiger partial charge in [-0.3, -0.25) is 0 Å². The van der Waals surface area contributed by atoms with E-state index >= 15 is 0 Å². The number of allylic oxidation sites excluding steroid dienone is 1. The second-order valence-corrected chi connectivity index (χ2v) is 21.7. The molecule has 0 spiro atoms. The molecule has 0 aliphatic heterocycles. The zero-order chi connectivity index (χ0) is 19.4. The molecule has 2 aliphatic rings. The van der Waals surface area contributed by atoms with Crippen molar-refractivity contribution in [3.63, 3.8) is 0 Å². The molecule has 3 heteroatoms. The Balaban J connectivity index is 2.10. The van der Waals surface area contributed by atoms with Crippen LogP contribution in [0.2, 0.25) is 12.1 Å². The fourth-order valence-electron chi connectivity index (χ4n) is 4.60. The number of fused-ring (bicyclic) bond motifs is 2. The predicted molar refractivity (Wildman–Crippen MR) is 114 cm³/mol. The summed E-state index contributed by atoms with van der Waals surface area (Å²) >= 11 is -1.48. The van der Waals surface area contributed by atoms with E-state index < -0.39 is 16.9 Å². The zero-order valence-corrected chi connectivity index (χ0v) is 20.9. The first-order chi connectivity index (χ1) is 11.9. The van der Waals surface area contributed by atoms with Crippen LogP contribution in [-0.4, -0.2) is 11.7 Å². The minimum absolute atomic E-state index is 0.220. The summed E-state index contributed by atoms with van der Waals surface area (Å²) < 4.78 is 4.91. The van der Waals surface area contributed by atoms with Crippen molar-refractivity contribution >= 4 is 12.3 Å². The Labute approximate surface area is 168 Å². The second kappa shape index (κ2) is 7.03. The van der Waals surface area contributed by atoms with Crippen LogP contribution in [0.5, 0.6) is 0 Å². The Hall–Kier alpha value is -0.149. The molecule has 0 saturated heterocycles. The summed E-state index contributed by atoms with van der Waals surface area (Å²) in [6.07, 6.45) is 4.64. The monoisotopic (exact) mass is 403 g/mol. The molecule has 1 nitrogen and oxygen atoms in total. The van der Waals surface area contributed by atoms with Gasteiger partial charge in [0.2, 0.25) is 0 Å². The van der Waals surface area contributed by atoms with Gasteiger partial charge in [0.1, 0.15) is 0 Å². The van der Waals surface area contributed by atoms with Crippen LogP contribution < -0.4 is 3.80 Å². The first-order valence-electron chi connectivity index (χ1n) is 10.2. The summed E-state index contributed by atoms with van der Waals surface area (Å²) in [5.74, 6) is 0. The van der Waals surface area contributed by atoms with Crippen molar-refractivity contribution < 1.29 is 16.9 Å². The summed E-state index contributed by atoms with van der Waals surface area (Å²) in [6.45, 7) is 21.8. The van der Waals surface area contributed by atoms with E-state index in [2.05, 4.69) is 83.9 Å². The summed E-state index contributed by atoms with van der Waals surface area (Å²) in [7, 11) is 0. The van der Waals surface area contributed by atoms with Crippen molar-refractivity contribution in [3.8, 4) is 0 Å². The zero-order valence-electron chi connectivity index (χ0n) is 18.3. The van der Waals surface area contributed by atoms with Gasteiger partial charge < -0.3 is 0 Å². The van der Waals surface area contributed by atoms with Crippen molar-refractivity contribution in [3.05, 3.63) is 40.0 Å². The predicted octanol–water partition coefficient (Wildman–Crippen LogP) is 6.22. The van der Waals surface area contributed by atoms with E-state index in [0.717, 1.165) is 5.54 Å². The first-order valence-corrected chi connectivity index (χ1v) is 16.3. The van der Waals surface area contributed by atoms with Crippen LogP contribution in [0.1, 0.15) is 81.9 Å². The fourth-order valence-corrected chi connectivity index (χ4v) is 18.2. The van der Waals surface area contributed by atoms with Crippen molar-refractivity contribution in [2.75, 3.05) is 0 Å². The number of hydrogen-bond donors (Lipinski definition) is 1. The van der Waals surface area contributed by atoms with Gasteiger partial charge >= 0.3 is 168 Å². The van der Waals surface area contributed by atoms with Crippen LogP contribution in [0.15, 0.2) is 17.7 Å². The van der Waals surface area contributed by atoms with Gasteiger partial charge in [-0.25, -0.2) is 0 Å². The molecule has 142 valence electrons. The van der Waals surface area contributed by atoms with Crippen LogP contribution in [0.3, 0.4) is 0 Å². The van der Waals surface area contributed by atoms with E-state index in [1.54, 1.807) is 22.3 Å². The van der Waals surface area contributed by atoms with Crippen LogP contribution in [0.4, 0.5) is 0 Å². The van der Waals surface area contributed by atoms with E-state index in [1.807, 2.05) is 0 Å². The SMILES string of the molecule is CC1=Cc2cc3c(cc2[CH]1[Ti]([NH]C(C)(C)C)=[Si](C)C(C)C)CC(C)(C)C3. The molecule has 1 aromatic carbocycles. The average molecular weight is 404 g/mol. The number of rotatable bonds is 3. The molecule has 2 aliphatic carbocycles. The Bertz CT molecular complexity index is 793. The number of benzene rings is 1. The summed E-state index contributed by atoms with van der Waals surface area (Å²) in [5.41, 5.74) is 9.55. The van der Waals surface area contributed by atoms with E-state index in [0.29, 0.717) is 9.64 Å². The summed E-state index contributed by atoms with van der Waals surface area (Å²) in [4.78, 5) is 0. The summed E-state index contributed by atoms with van der Waals surface area (Å²) in [5, 5.41) is 0. The normalized spacial score (nSPS) is 22.2. The van der Waals surface area contributed by atoms with Gasteiger partial charge in [0.25, 0.3) is 0 Å². The van der Waals surface area contributed by atoms with E-state index in [4.69, 9.17) is 0 Å². The average Bonchev–Trinajstić information content (AvgIpc) is 2.93. The third-order valence-electron chi connectivity index (χ3n) is 5.98. The molecule has 0 fully saturated rings. The molecule has 0 radical (unpaired) electrons. The maximum atomic E-state index is 4.21. The first kappa shape index (κ1) is 20.6. The number of nitrogens with one attached hydrogen (secondary N) is 1. The van der Waals surface area contributed by atoms with E-state index in [-0.39, 0.29) is 11.7 Å². The molecule has 0 heterocycles. The van der Waals surface area contributed by atoms with Gasteiger partial charge in [0.05, 0.1) is 0 Å². The second-order valence-electron chi connectivity index (χ2n) is 10.7. The maximum absolute atomic E-state index is 4.21. The molecule has 0 bridgehead atoms. The molecule has 0 amide bonds. The molecule has 3 rings (SSSR count). The van der Waals surface area contributed by atoms with Gasteiger partial charge in [-0.15, -0.1) is 0 Å². The Morgan fingerprint density at radius 2 is 1.73 bits per heavy atom. The molecule has 1 N–H and O–H groups in total. The topological polar surface area (TPSA) is 12.0 Å². The van der Waals surface area contributed by atoms with Gasteiger partial charge in [-0.05, 0) is 0 Å². The van der Waals surface area contributed by atoms with E-state index in [1.165, 1.54) is 18.4 Å². The van der Waals surface area contributed by atoms with Gasteiger partial charge in [-0.2, -0.15) is 0 Å². The molecule has 0 saturated carbocycles. The molecule has 1 unspecified atom stereocenters. The Morgan fingerprint density at radius 3 is 2.27 bits per heavy atom. The fraction of sp³-hybridized carbons (Fsp3) is 0.652. The van der Waals surface area contributed by atoms with Crippen molar-refractivity contribution in [1.82, 2.24) is 3.80 Å². The molecular formula is C23H37NSiTi. The third-order valence-corrected chi connectivity index (χ3v) is 20.6. The van der Waals surface area contributed by atoms with Crippen molar-refractivity contribution in [2.24, 2.45) is 5.41 Å². The molecule has 26 heavy (non-hydrogen) atoms. The molecule has 1 atom stereocenters. The Kier molecular flexibility index (Phi) is 5.56.